The Morgan fingerprint density at radius 3 is 2.68 bits per heavy atom. The largest absolute Gasteiger partial charge is 0.481 e. The zero-order chi connectivity index (χ0) is 15.5. The molecular formula is C16H18N2O3S. The Kier molecular flexibility index (Phi) is 4.38. The van der Waals surface area contributed by atoms with Gasteiger partial charge >= 0.3 is 5.97 Å². The molecule has 1 aliphatic rings. The van der Waals surface area contributed by atoms with Gasteiger partial charge in [0.2, 0.25) is 5.91 Å². The quantitative estimate of drug-likeness (QED) is 0.940. The maximum absolute atomic E-state index is 12.2. The van der Waals surface area contributed by atoms with Crippen LogP contribution >= 0.6 is 11.3 Å². The summed E-state index contributed by atoms with van der Waals surface area (Å²) in [4.78, 5) is 29.5. The summed E-state index contributed by atoms with van der Waals surface area (Å²) < 4.78 is 1.15. The number of carboxylic acids is 1. The van der Waals surface area contributed by atoms with Gasteiger partial charge in [-0.25, -0.2) is 4.98 Å². The fraction of sp³-hybridized carbons (Fsp3) is 0.438. The van der Waals surface area contributed by atoms with Crippen LogP contribution in [0.4, 0.5) is 0 Å². The van der Waals surface area contributed by atoms with Crippen LogP contribution in [0.3, 0.4) is 0 Å². The van der Waals surface area contributed by atoms with Gasteiger partial charge in [-0.1, -0.05) is 12.1 Å². The van der Waals surface area contributed by atoms with Gasteiger partial charge in [0.25, 0.3) is 0 Å². The lowest BCUT2D eigenvalue weighted by Crippen LogP contribution is -2.40. The minimum Gasteiger partial charge on any atom is -0.481 e. The fourth-order valence-corrected chi connectivity index (χ4v) is 3.74. The molecule has 0 radical (unpaired) electrons. The third-order valence-corrected chi connectivity index (χ3v) is 5.18. The van der Waals surface area contributed by atoms with Crippen molar-refractivity contribution in [2.24, 2.45) is 5.92 Å². The summed E-state index contributed by atoms with van der Waals surface area (Å²) in [6, 6.07) is 7.97. The lowest BCUT2D eigenvalue weighted by molar-refractivity contribution is -0.145. The molecule has 1 N–H and O–H groups in total. The number of aromatic nitrogens is 1. The number of carbonyl (C=O) groups is 2. The molecule has 116 valence electrons. The van der Waals surface area contributed by atoms with Gasteiger partial charge in [-0.2, -0.15) is 0 Å². The number of carbonyl (C=O) groups excluding carboxylic acids is 1. The van der Waals surface area contributed by atoms with E-state index >= 15 is 0 Å². The Morgan fingerprint density at radius 1 is 1.27 bits per heavy atom. The van der Waals surface area contributed by atoms with Crippen molar-refractivity contribution in [3.63, 3.8) is 0 Å². The molecule has 1 fully saturated rings. The van der Waals surface area contributed by atoms with E-state index in [4.69, 9.17) is 5.11 Å². The van der Waals surface area contributed by atoms with Crippen LogP contribution in [0.1, 0.15) is 24.3 Å². The van der Waals surface area contributed by atoms with Crippen LogP contribution < -0.4 is 0 Å². The Labute approximate surface area is 132 Å². The predicted octanol–water partition coefficient (Wildman–Crippen LogP) is 2.55. The van der Waals surface area contributed by atoms with Crippen molar-refractivity contribution in [1.82, 2.24) is 9.88 Å². The van der Waals surface area contributed by atoms with Crippen LogP contribution in [0.25, 0.3) is 10.2 Å². The maximum atomic E-state index is 12.2. The van der Waals surface area contributed by atoms with Crippen molar-refractivity contribution in [3.8, 4) is 0 Å². The molecule has 0 atom stereocenters. The third-order valence-electron chi connectivity index (χ3n) is 4.09. The van der Waals surface area contributed by atoms with Gasteiger partial charge in [0.15, 0.2) is 0 Å². The van der Waals surface area contributed by atoms with E-state index in [9.17, 15) is 9.59 Å². The number of benzene rings is 1. The number of hydrogen-bond acceptors (Lipinski definition) is 4. The normalized spacial score (nSPS) is 16.1. The van der Waals surface area contributed by atoms with Gasteiger partial charge in [0, 0.05) is 25.9 Å². The molecule has 0 aliphatic carbocycles. The second-order valence-electron chi connectivity index (χ2n) is 5.57. The Morgan fingerprint density at radius 2 is 2.00 bits per heavy atom. The number of aliphatic carboxylic acids is 1. The molecule has 2 aromatic rings. The van der Waals surface area contributed by atoms with E-state index in [0.29, 0.717) is 38.8 Å². The second kappa shape index (κ2) is 6.44. The number of aryl methyl sites for hydroxylation is 1. The highest BCUT2D eigenvalue weighted by Gasteiger charge is 2.26. The van der Waals surface area contributed by atoms with Crippen LogP contribution in [0.5, 0.6) is 0 Å². The standard InChI is InChI=1S/C16H18N2O3S/c19-15(18-9-7-11(8-10-18)16(20)21)6-5-14-17-12-3-1-2-4-13(12)22-14/h1-4,11H,5-10H2,(H,20,21). The Bertz CT molecular complexity index is 657. The van der Waals surface area contributed by atoms with Crippen LogP contribution in [-0.2, 0) is 16.0 Å². The van der Waals surface area contributed by atoms with Crippen LogP contribution in [-0.4, -0.2) is 40.0 Å². The number of nitrogens with zero attached hydrogens (tertiary/aromatic N) is 2. The highest BCUT2D eigenvalue weighted by atomic mass is 32.1. The van der Waals surface area contributed by atoms with Gasteiger partial charge in [-0.05, 0) is 25.0 Å². The van der Waals surface area contributed by atoms with Gasteiger partial charge in [-0.3, -0.25) is 9.59 Å². The zero-order valence-electron chi connectivity index (χ0n) is 12.2. The molecule has 5 nitrogen and oxygen atoms in total. The molecule has 1 saturated heterocycles. The summed E-state index contributed by atoms with van der Waals surface area (Å²) in [6.07, 6.45) is 2.21. The molecule has 0 spiro atoms. The monoisotopic (exact) mass is 318 g/mol. The molecule has 0 unspecified atom stereocenters. The summed E-state index contributed by atoms with van der Waals surface area (Å²) in [5, 5.41) is 9.96. The molecule has 0 bridgehead atoms. The van der Waals surface area contributed by atoms with Crippen molar-refractivity contribution in [2.75, 3.05) is 13.1 Å². The molecular weight excluding hydrogens is 300 g/mol. The number of carboxylic acid groups (broad SMARTS) is 1. The molecule has 1 aromatic heterocycles. The lowest BCUT2D eigenvalue weighted by atomic mass is 9.97. The molecule has 1 aromatic carbocycles. The number of likely N-dealkylation sites (tertiary alicyclic amines) is 1. The smallest absolute Gasteiger partial charge is 0.306 e. The molecule has 1 amide bonds. The Hall–Kier alpha value is -1.95. The van der Waals surface area contributed by atoms with E-state index in [2.05, 4.69) is 4.98 Å². The first-order valence-electron chi connectivity index (χ1n) is 7.48. The highest BCUT2D eigenvalue weighted by Crippen LogP contribution is 2.23. The summed E-state index contributed by atoms with van der Waals surface area (Å²) in [5.41, 5.74) is 0.984. The molecule has 2 heterocycles. The van der Waals surface area contributed by atoms with Crippen LogP contribution in [0.2, 0.25) is 0 Å². The summed E-state index contributed by atoms with van der Waals surface area (Å²) in [5.74, 6) is -0.946. The van der Waals surface area contributed by atoms with E-state index in [0.717, 1.165) is 15.2 Å². The van der Waals surface area contributed by atoms with Crippen molar-refractivity contribution in [3.05, 3.63) is 29.3 Å². The second-order valence-corrected chi connectivity index (χ2v) is 6.68. The SMILES string of the molecule is O=C(O)C1CCN(C(=O)CCc2nc3ccccc3s2)CC1. The number of hydrogen-bond donors (Lipinski definition) is 1. The van der Waals surface area contributed by atoms with Gasteiger partial charge < -0.3 is 10.0 Å². The van der Waals surface area contributed by atoms with Crippen molar-refractivity contribution in [2.45, 2.75) is 25.7 Å². The Balaban J connectivity index is 1.53. The summed E-state index contributed by atoms with van der Waals surface area (Å²) in [7, 11) is 0. The van der Waals surface area contributed by atoms with E-state index in [1.54, 1.807) is 16.2 Å². The minimum absolute atomic E-state index is 0.100. The first kappa shape index (κ1) is 15.0. The fourth-order valence-electron chi connectivity index (χ4n) is 2.77. The third kappa shape index (κ3) is 3.27. The van der Waals surface area contributed by atoms with Crippen LogP contribution in [0.15, 0.2) is 24.3 Å². The van der Waals surface area contributed by atoms with Crippen LogP contribution in [0, 0.1) is 5.92 Å². The predicted molar refractivity (Wildman–Crippen MR) is 84.9 cm³/mol. The van der Waals surface area contributed by atoms with Crippen molar-refractivity contribution >= 4 is 33.4 Å². The summed E-state index contributed by atoms with van der Waals surface area (Å²) >= 11 is 1.63. The van der Waals surface area contributed by atoms with E-state index < -0.39 is 5.97 Å². The van der Waals surface area contributed by atoms with Gasteiger partial charge in [0.05, 0.1) is 21.1 Å². The number of piperidine rings is 1. The lowest BCUT2D eigenvalue weighted by Gasteiger charge is -2.30. The number of thiazole rings is 1. The van der Waals surface area contributed by atoms with E-state index in [1.165, 1.54) is 0 Å². The van der Waals surface area contributed by atoms with Crippen molar-refractivity contribution in [1.29, 1.82) is 0 Å². The average Bonchev–Trinajstić information content (AvgIpc) is 2.95. The minimum atomic E-state index is -0.749. The molecule has 6 heteroatoms. The van der Waals surface area contributed by atoms with Crippen molar-refractivity contribution < 1.29 is 14.7 Å². The number of rotatable bonds is 4. The number of para-hydroxylation sites is 1. The van der Waals surface area contributed by atoms with Gasteiger partial charge in [0.1, 0.15) is 0 Å². The molecule has 3 rings (SSSR count). The molecule has 1 aliphatic heterocycles. The maximum Gasteiger partial charge on any atom is 0.306 e. The summed E-state index contributed by atoms with van der Waals surface area (Å²) in [6.45, 7) is 1.10. The number of fused-ring (bicyclic) bond motifs is 1. The molecule has 22 heavy (non-hydrogen) atoms. The molecule has 0 saturated carbocycles. The first-order chi connectivity index (χ1) is 10.6. The van der Waals surface area contributed by atoms with Gasteiger partial charge in [-0.15, -0.1) is 11.3 Å². The first-order valence-corrected chi connectivity index (χ1v) is 8.30. The highest BCUT2D eigenvalue weighted by molar-refractivity contribution is 7.18. The average molecular weight is 318 g/mol. The topological polar surface area (TPSA) is 70.5 Å². The number of amides is 1. The zero-order valence-corrected chi connectivity index (χ0v) is 13.0. The van der Waals surface area contributed by atoms with E-state index in [1.807, 2.05) is 24.3 Å². The van der Waals surface area contributed by atoms with E-state index in [-0.39, 0.29) is 11.8 Å².